The van der Waals surface area contributed by atoms with E-state index in [-0.39, 0.29) is 26.2 Å². The topological polar surface area (TPSA) is 111 Å². The number of rotatable bonds is 14. The van der Waals surface area contributed by atoms with Gasteiger partial charge in [0.25, 0.3) is 0 Å². The lowest BCUT2D eigenvalue weighted by Gasteiger charge is -2.24. The molecule has 42 heavy (non-hydrogen) atoms. The number of nitrogens with one attached hydrogen (secondary N) is 1. The second-order valence-electron chi connectivity index (χ2n) is 9.44. The predicted molar refractivity (Wildman–Crippen MR) is 163 cm³/mol. The van der Waals surface area contributed by atoms with Gasteiger partial charge in [0.15, 0.2) is 0 Å². The molecule has 0 heterocycles. The van der Waals surface area contributed by atoms with Crippen LogP contribution in [-0.2, 0) is 49.4 Å². The summed E-state index contributed by atoms with van der Waals surface area (Å²) in [5.41, 5.74) is 3.78. The third kappa shape index (κ3) is 9.39. The van der Waals surface area contributed by atoms with E-state index in [1.807, 2.05) is 78.9 Å². The average Bonchev–Trinajstić information content (AvgIpc) is 3.03. The number of alkyl carbamates (subject to hydrolysis) is 1. The molecule has 0 saturated heterocycles. The van der Waals surface area contributed by atoms with Gasteiger partial charge in [-0.25, -0.2) is 9.59 Å². The van der Waals surface area contributed by atoms with Crippen LogP contribution in [0.3, 0.4) is 0 Å². The SMILES string of the molecule is O=C(NC(Cc1ccc(C(Br)P(=O)(OCc2ccccc2)OCc2ccccc2)cc1)C(=O)O)OCc1ccccc1. The van der Waals surface area contributed by atoms with Gasteiger partial charge in [0.2, 0.25) is 0 Å². The van der Waals surface area contributed by atoms with Crippen LogP contribution < -0.4 is 5.32 Å². The molecule has 0 bridgehead atoms. The summed E-state index contributed by atoms with van der Waals surface area (Å²) >= 11 is 3.54. The molecule has 2 atom stereocenters. The van der Waals surface area contributed by atoms with Crippen LogP contribution in [0.1, 0.15) is 32.4 Å². The number of halogens is 1. The Morgan fingerprint density at radius 1 is 0.690 bits per heavy atom. The molecule has 0 fully saturated rings. The summed E-state index contributed by atoms with van der Waals surface area (Å²) in [6, 6.07) is 33.6. The van der Waals surface area contributed by atoms with Crippen LogP contribution in [0, 0.1) is 0 Å². The molecular weight excluding hydrogens is 621 g/mol. The molecule has 0 aliphatic heterocycles. The highest BCUT2D eigenvalue weighted by atomic mass is 79.9. The number of carbonyl (C=O) groups excluding carboxylic acids is 1. The number of carboxylic acids is 1. The zero-order valence-electron chi connectivity index (χ0n) is 22.7. The smallest absolute Gasteiger partial charge is 0.408 e. The summed E-state index contributed by atoms with van der Waals surface area (Å²) in [7, 11) is -3.72. The lowest BCUT2D eigenvalue weighted by Crippen LogP contribution is -2.42. The molecule has 4 aromatic rings. The van der Waals surface area contributed by atoms with Crippen LogP contribution in [0.15, 0.2) is 115 Å². The maximum Gasteiger partial charge on any atom is 0.408 e. The Morgan fingerprint density at radius 2 is 1.14 bits per heavy atom. The van der Waals surface area contributed by atoms with Crippen molar-refractivity contribution in [2.24, 2.45) is 0 Å². The van der Waals surface area contributed by atoms with Crippen molar-refractivity contribution in [1.82, 2.24) is 5.32 Å². The zero-order chi connectivity index (χ0) is 29.8. The molecule has 8 nitrogen and oxygen atoms in total. The molecule has 0 aliphatic carbocycles. The van der Waals surface area contributed by atoms with E-state index in [1.165, 1.54) is 0 Å². The highest BCUT2D eigenvalue weighted by molar-refractivity contribution is 9.10. The molecule has 2 N–H and O–H groups in total. The first kappa shape index (κ1) is 31.2. The molecule has 218 valence electrons. The van der Waals surface area contributed by atoms with Crippen molar-refractivity contribution in [1.29, 1.82) is 0 Å². The summed E-state index contributed by atoms with van der Waals surface area (Å²) in [5.74, 6) is -1.19. The minimum Gasteiger partial charge on any atom is -0.480 e. The van der Waals surface area contributed by atoms with Gasteiger partial charge in [-0.05, 0) is 27.8 Å². The molecule has 2 unspecified atom stereocenters. The van der Waals surface area contributed by atoms with Crippen LogP contribution >= 0.6 is 23.5 Å². The summed E-state index contributed by atoms with van der Waals surface area (Å²) in [6.07, 6.45) is -0.800. The number of carboxylic acid groups (broad SMARTS) is 1. The predicted octanol–water partition coefficient (Wildman–Crippen LogP) is 7.63. The van der Waals surface area contributed by atoms with Crippen molar-refractivity contribution in [3.8, 4) is 0 Å². The Labute approximate surface area is 253 Å². The van der Waals surface area contributed by atoms with Gasteiger partial charge in [-0.2, -0.15) is 0 Å². The number of carbonyl (C=O) groups is 2. The van der Waals surface area contributed by atoms with Crippen molar-refractivity contribution in [2.45, 2.75) is 36.9 Å². The molecule has 0 radical (unpaired) electrons. The number of hydrogen-bond donors (Lipinski definition) is 2. The monoisotopic (exact) mass is 651 g/mol. The molecule has 4 aromatic carbocycles. The van der Waals surface area contributed by atoms with E-state index in [1.54, 1.807) is 36.4 Å². The zero-order valence-corrected chi connectivity index (χ0v) is 25.2. The minimum atomic E-state index is -3.72. The summed E-state index contributed by atoms with van der Waals surface area (Å²) in [5, 5.41) is 12.1. The molecule has 10 heteroatoms. The van der Waals surface area contributed by atoms with Crippen LogP contribution in [-0.4, -0.2) is 23.2 Å². The number of benzene rings is 4. The lowest BCUT2D eigenvalue weighted by atomic mass is 10.0. The van der Waals surface area contributed by atoms with Gasteiger partial charge in [-0.3, -0.25) is 4.57 Å². The van der Waals surface area contributed by atoms with Crippen LogP contribution in [0.4, 0.5) is 4.79 Å². The van der Waals surface area contributed by atoms with Crippen LogP contribution in [0.25, 0.3) is 0 Å². The Kier molecular flexibility index (Phi) is 11.5. The molecule has 0 spiro atoms. The van der Waals surface area contributed by atoms with Gasteiger partial charge in [-0.1, -0.05) is 131 Å². The van der Waals surface area contributed by atoms with Crippen molar-refractivity contribution < 1.29 is 33.0 Å². The van der Waals surface area contributed by atoms with Gasteiger partial charge in [0.05, 0.1) is 13.2 Å². The largest absolute Gasteiger partial charge is 0.480 e. The minimum absolute atomic E-state index is 0.0235. The van der Waals surface area contributed by atoms with E-state index in [9.17, 15) is 19.3 Å². The summed E-state index contributed by atoms with van der Waals surface area (Å²) in [4.78, 5) is 24.1. The molecule has 4 rings (SSSR count). The Balaban J connectivity index is 1.41. The Hall–Kier alpha value is -3.75. The van der Waals surface area contributed by atoms with Gasteiger partial charge < -0.3 is 24.2 Å². The highest BCUT2D eigenvalue weighted by Gasteiger charge is 2.36. The molecular formula is C32H31BrNO7P. The maximum absolute atomic E-state index is 14.1. The molecule has 0 saturated carbocycles. The summed E-state index contributed by atoms with van der Waals surface area (Å²) < 4.78 is 30.3. The Morgan fingerprint density at radius 3 is 1.60 bits per heavy atom. The van der Waals surface area contributed by atoms with E-state index in [0.717, 1.165) is 16.7 Å². The van der Waals surface area contributed by atoms with Gasteiger partial charge >= 0.3 is 19.7 Å². The van der Waals surface area contributed by atoms with Crippen molar-refractivity contribution in [3.05, 3.63) is 143 Å². The maximum atomic E-state index is 14.1. The fourth-order valence-corrected chi connectivity index (χ4v) is 6.53. The van der Waals surface area contributed by atoms with Crippen molar-refractivity contribution in [2.75, 3.05) is 0 Å². The summed E-state index contributed by atoms with van der Waals surface area (Å²) in [6.45, 7) is 0.220. The standard InChI is InChI=1S/C32H31BrNO7P/c33-30(42(38,40-22-26-12-6-2-7-13-26)41-23-27-14-8-3-9-15-27)28-18-16-24(17-19-28)20-29(31(35)36)34-32(37)39-21-25-10-4-1-5-11-25/h1-19,29-30H,20-23H2,(H,34,37)(H,35,36). The first-order chi connectivity index (χ1) is 20.3. The van der Waals surface area contributed by atoms with E-state index in [4.69, 9.17) is 13.8 Å². The number of ether oxygens (including phenoxy) is 1. The quantitative estimate of drug-likeness (QED) is 0.106. The first-order valence-corrected chi connectivity index (χ1v) is 15.7. The van der Waals surface area contributed by atoms with Crippen LogP contribution in [0.2, 0.25) is 0 Å². The number of alkyl halides is 1. The van der Waals surface area contributed by atoms with Crippen molar-refractivity contribution >= 4 is 35.6 Å². The van der Waals surface area contributed by atoms with Gasteiger partial charge in [0.1, 0.15) is 17.2 Å². The van der Waals surface area contributed by atoms with Gasteiger partial charge in [-0.15, -0.1) is 0 Å². The van der Waals surface area contributed by atoms with E-state index >= 15 is 0 Å². The first-order valence-electron chi connectivity index (χ1n) is 13.2. The number of amides is 1. The second kappa shape index (κ2) is 15.5. The van der Waals surface area contributed by atoms with Crippen LogP contribution in [0.5, 0.6) is 0 Å². The second-order valence-corrected chi connectivity index (χ2v) is 13.2. The molecule has 0 aliphatic rings. The lowest BCUT2D eigenvalue weighted by molar-refractivity contribution is -0.139. The molecule has 1 amide bonds. The normalized spacial score (nSPS) is 12.7. The highest BCUT2D eigenvalue weighted by Crippen LogP contribution is 2.64. The third-order valence-electron chi connectivity index (χ3n) is 6.28. The third-order valence-corrected chi connectivity index (χ3v) is 10.1. The fourth-order valence-electron chi connectivity index (χ4n) is 3.98. The van der Waals surface area contributed by atoms with Crippen molar-refractivity contribution in [3.63, 3.8) is 0 Å². The Bertz CT molecular complexity index is 1420. The van der Waals surface area contributed by atoms with E-state index < -0.39 is 30.3 Å². The number of hydrogen-bond acceptors (Lipinski definition) is 6. The molecule has 0 aromatic heterocycles. The number of aliphatic carboxylic acids is 1. The van der Waals surface area contributed by atoms with E-state index in [0.29, 0.717) is 11.1 Å². The van der Waals surface area contributed by atoms with Gasteiger partial charge in [0, 0.05) is 6.42 Å². The van der Waals surface area contributed by atoms with E-state index in [2.05, 4.69) is 21.2 Å². The fraction of sp³-hybridized carbons (Fsp3) is 0.188. The average molecular weight is 652 g/mol.